The molecule has 0 heterocycles. The van der Waals surface area contributed by atoms with Crippen LogP contribution >= 0.6 is 0 Å². The molecule has 0 aliphatic heterocycles. The monoisotopic (exact) mass is 358 g/mol. The lowest BCUT2D eigenvalue weighted by molar-refractivity contribution is -0.123. The maximum Gasteiger partial charge on any atom is 0.258 e. The highest BCUT2D eigenvalue weighted by molar-refractivity contribution is 5.93. The maximum atomic E-state index is 12.2. The van der Waals surface area contributed by atoms with E-state index in [-0.39, 0.29) is 18.6 Å². The number of primary amides is 1. The number of carbonyl (C=O) groups excluding carboxylic acids is 2. The second kappa shape index (κ2) is 8.75. The molecule has 3 N–H and O–H groups in total. The van der Waals surface area contributed by atoms with Crippen molar-refractivity contribution >= 4 is 11.8 Å². The third-order valence-electron chi connectivity index (χ3n) is 3.77. The van der Waals surface area contributed by atoms with Gasteiger partial charge in [-0.1, -0.05) is 6.07 Å². The van der Waals surface area contributed by atoms with Crippen molar-refractivity contribution in [2.45, 2.75) is 13.0 Å². The van der Waals surface area contributed by atoms with Gasteiger partial charge in [-0.15, -0.1) is 0 Å². The van der Waals surface area contributed by atoms with E-state index in [1.54, 1.807) is 50.6 Å². The van der Waals surface area contributed by atoms with Gasteiger partial charge in [-0.2, -0.15) is 0 Å². The maximum absolute atomic E-state index is 12.2. The molecule has 7 heteroatoms. The van der Waals surface area contributed by atoms with Crippen molar-refractivity contribution in [2.75, 3.05) is 20.8 Å². The summed E-state index contributed by atoms with van der Waals surface area (Å²) in [6, 6.07) is 11.4. The van der Waals surface area contributed by atoms with Crippen molar-refractivity contribution in [3.63, 3.8) is 0 Å². The minimum atomic E-state index is -0.557. The summed E-state index contributed by atoms with van der Waals surface area (Å²) in [5, 5.41) is 2.84. The molecule has 0 bridgehead atoms. The van der Waals surface area contributed by atoms with Crippen molar-refractivity contribution in [3.05, 3.63) is 53.6 Å². The molecule has 2 aromatic carbocycles. The summed E-state index contributed by atoms with van der Waals surface area (Å²) in [6.07, 6.45) is 0. The number of ether oxygens (including phenoxy) is 3. The Hall–Kier alpha value is -3.22. The summed E-state index contributed by atoms with van der Waals surface area (Å²) in [4.78, 5) is 23.3. The van der Waals surface area contributed by atoms with Crippen molar-refractivity contribution in [1.82, 2.24) is 5.32 Å². The summed E-state index contributed by atoms with van der Waals surface area (Å²) >= 11 is 0. The minimum absolute atomic E-state index is 0.196. The number of methoxy groups -OCH3 is 2. The number of amides is 2. The molecule has 0 aliphatic rings. The van der Waals surface area contributed by atoms with E-state index in [0.717, 1.165) is 5.56 Å². The predicted octanol–water partition coefficient (Wildman–Crippen LogP) is 2.06. The number of rotatable bonds is 8. The van der Waals surface area contributed by atoms with Gasteiger partial charge in [0.15, 0.2) is 6.61 Å². The van der Waals surface area contributed by atoms with Crippen LogP contribution in [0.1, 0.15) is 28.9 Å². The van der Waals surface area contributed by atoms with Gasteiger partial charge in [-0.3, -0.25) is 9.59 Å². The normalized spacial score (nSPS) is 11.3. The molecule has 2 aromatic rings. The van der Waals surface area contributed by atoms with Gasteiger partial charge in [0.25, 0.3) is 5.91 Å². The van der Waals surface area contributed by atoms with Gasteiger partial charge in [0.2, 0.25) is 5.91 Å². The van der Waals surface area contributed by atoms with Gasteiger partial charge in [0, 0.05) is 11.1 Å². The molecule has 1 unspecified atom stereocenters. The summed E-state index contributed by atoms with van der Waals surface area (Å²) in [5.74, 6) is 0.837. The van der Waals surface area contributed by atoms with Crippen LogP contribution in [0.15, 0.2) is 42.5 Å². The molecule has 2 rings (SSSR count). The van der Waals surface area contributed by atoms with Crippen LogP contribution in [0.3, 0.4) is 0 Å². The summed E-state index contributed by atoms with van der Waals surface area (Å²) in [7, 11) is 3.14. The molecule has 0 spiro atoms. The van der Waals surface area contributed by atoms with Crippen molar-refractivity contribution in [3.8, 4) is 17.2 Å². The first-order chi connectivity index (χ1) is 12.4. The average molecular weight is 358 g/mol. The van der Waals surface area contributed by atoms with Crippen LogP contribution in [-0.4, -0.2) is 32.6 Å². The minimum Gasteiger partial charge on any atom is -0.497 e. The Balaban J connectivity index is 1.99. The Morgan fingerprint density at radius 2 is 1.85 bits per heavy atom. The number of benzene rings is 2. The van der Waals surface area contributed by atoms with Gasteiger partial charge >= 0.3 is 0 Å². The van der Waals surface area contributed by atoms with E-state index in [9.17, 15) is 9.59 Å². The predicted molar refractivity (Wildman–Crippen MR) is 96.6 cm³/mol. The molecule has 7 nitrogen and oxygen atoms in total. The van der Waals surface area contributed by atoms with E-state index < -0.39 is 5.91 Å². The first-order valence-electron chi connectivity index (χ1n) is 7.98. The smallest absolute Gasteiger partial charge is 0.258 e. The zero-order chi connectivity index (χ0) is 19.1. The van der Waals surface area contributed by atoms with Gasteiger partial charge in [0.05, 0.1) is 20.3 Å². The van der Waals surface area contributed by atoms with Crippen LogP contribution in [0.2, 0.25) is 0 Å². The molecule has 0 radical (unpaired) electrons. The summed E-state index contributed by atoms with van der Waals surface area (Å²) in [5.41, 5.74) is 6.33. The highest BCUT2D eigenvalue weighted by atomic mass is 16.5. The molecule has 0 aromatic heterocycles. The zero-order valence-corrected chi connectivity index (χ0v) is 14.9. The molecular weight excluding hydrogens is 336 g/mol. The van der Waals surface area contributed by atoms with E-state index in [2.05, 4.69) is 5.32 Å². The third-order valence-corrected chi connectivity index (χ3v) is 3.77. The number of hydrogen-bond donors (Lipinski definition) is 2. The van der Waals surface area contributed by atoms with E-state index >= 15 is 0 Å². The lowest BCUT2D eigenvalue weighted by Gasteiger charge is -2.18. The van der Waals surface area contributed by atoms with E-state index in [0.29, 0.717) is 22.8 Å². The summed E-state index contributed by atoms with van der Waals surface area (Å²) < 4.78 is 16.0. The Morgan fingerprint density at radius 3 is 2.50 bits per heavy atom. The van der Waals surface area contributed by atoms with Crippen LogP contribution < -0.4 is 25.3 Å². The van der Waals surface area contributed by atoms with Gasteiger partial charge in [0.1, 0.15) is 17.2 Å². The fourth-order valence-corrected chi connectivity index (χ4v) is 2.43. The Kier molecular flexibility index (Phi) is 6.43. The average Bonchev–Trinajstić information content (AvgIpc) is 2.65. The molecule has 1 atom stereocenters. The fraction of sp³-hybridized carbons (Fsp3) is 0.263. The van der Waals surface area contributed by atoms with Crippen molar-refractivity contribution < 1.29 is 23.8 Å². The Bertz CT molecular complexity index is 791. The highest BCUT2D eigenvalue weighted by Gasteiger charge is 2.15. The molecular formula is C19H22N2O5. The Labute approximate surface area is 152 Å². The third kappa shape index (κ3) is 4.89. The lowest BCUT2D eigenvalue weighted by atomic mass is 10.1. The summed E-state index contributed by atoms with van der Waals surface area (Å²) in [6.45, 7) is 1.64. The fourth-order valence-electron chi connectivity index (χ4n) is 2.43. The molecule has 0 saturated carbocycles. The van der Waals surface area contributed by atoms with E-state index in [1.807, 2.05) is 6.92 Å². The first-order valence-corrected chi connectivity index (χ1v) is 7.98. The van der Waals surface area contributed by atoms with Crippen LogP contribution in [0.25, 0.3) is 0 Å². The topological polar surface area (TPSA) is 99.9 Å². The SMILES string of the molecule is COc1ccc(OC)c(C(C)NC(=O)COc2cccc(C(N)=O)c2)c1. The van der Waals surface area contributed by atoms with Gasteiger partial charge in [-0.25, -0.2) is 0 Å². The van der Waals surface area contributed by atoms with Crippen LogP contribution in [0.4, 0.5) is 0 Å². The second-order valence-electron chi connectivity index (χ2n) is 5.58. The van der Waals surface area contributed by atoms with Gasteiger partial charge in [-0.05, 0) is 43.3 Å². The Morgan fingerprint density at radius 1 is 1.08 bits per heavy atom. The zero-order valence-electron chi connectivity index (χ0n) is 14.9. The van der Waals surface area contributed by atoms with Crippen molar-refractivity contribution in [2.24, 2.45) is 5.73 Å². The highest BCUT2D eigenvalue weighted by Crippen LogP contribution is 2.29. The lowest BCUT2D eigenvalue weighted by Crippen LogP contribution is -2.31. The number of nitrogens with one attached hydrogen (secondary N) is 1. The van der Waals surface area contributed by atoms with E-state index in [4.69, 9.17) is 19.9 Å². The quantitative estimate of drug-likeness (QED) is 0.752. The molecule has 26 heavy (non-hydrogen) atoms. The second-order valence-corrected chi connectivity index (χ2v) is 5.58. The number of nitrogens with two attached hydrogens (primary N) is 1. The molecule has 2 amide bonds. The van der Waals surface area contributed by atoms with Crippen molar-refractivity contribution in [1.29, 1.82) is 0 Å². The standard InChI is InChI=1S/C19H22N2O5/c1-12(16-10-14(24-2)7-8-17(16)25-3)21-18(22)11-26-15-6-4-5-13(9-15)19(20)23/h4-10,12H,11H2,1-3H3,(H2,20,23)(H,21,22). The molecule has 138 valence electrons. The van der Waals surface area contributed by atoms with Crippen LogP contribution in [0, 0.1) is 0 Å². The van der Waals surface area contributed by atoms with E-state index in [1.165, 1.54) is 6.07 Å². The van der Waals surface area contributed by atoms with Crippen LogP contribution in [-0.2, 0) is 4.79 Å². The molecule has 0 aliphatic carbocycles. The first kappa shape index (κ1) is 19.1. The molecule has 0 fully saturated rings. The van der Waals surface area contributed by atoms with Crippen LogP contribution in [0.5, 0.6) is 17.2 Å². The number of carbonyl (C=O) groups is 2. The number of hydrogen-bond acceptors (Lipinski definition) is 5. The largest absolute Gasteiger partial charge is 0.497 e. The molecule has 0 saturated heterocycles. The van der Waals surface area contributed by atoms with Gasteiger partial charge < -0.3 is 25.3 Å².